The van der Waals surface area contributed by atoms with E-state index in [2.05, 4.69) is 33.4 Å². The van der Waals surface area contributed by atoms with Gasteiger partial charge in [-0.25, -0.2) is 8.42 Å². The van der Waals surface area contributed by atoms with Crippen LogP contribution in [0.2, 0.25) is 5.02 Å². The molecule has 2 aromatic carbocycles. The molecule has 0 unspecified atom stereocenters. The number of nitrogens with zero attached hydrogens (tertiary/aromatic N) is 5. The van der Waals surface area contributed by atoms with E-state index in [9.17, 15) is 8.42 Å². The van der Waals surface area contributed by atoms with Crippen molar-refractivity contribution in [1.29, 1.82) is 0 Å². The Kier molecular flexibility index (Phi) is 5.54. The van der Waals surface area contributed by atoms with Crippen molar-refractivity contribution in [2.45, 2.75) is 34.9 Å². The molecular formula is C19H20ClN5O2S2. The first-order valence-corrected chi connectivity index (χ1v) is 12.2. The summed E-state index contributed by atoms with van der Waals surface area (Å²) in [5, 5.41) is 13.3. The first-order valence-electron chi connectivity index (χ1n) is 9.10. The standard InChI is InChI=1S/C19H20ClN5O2S2/c1-13-9-10-24(17-11-14(20)3-8-18(17)28-13)12-19-21-22-23-25(19)15-4-6-16(7-5-15)29(2,26)27/h3-8,11,13H,9-10,12H2,1-2H3/t13-/m1/s1. The van der Waals surface area contributed by atoms with Gasteiger partial charge in [0.1, 0.15) is 0 Å². The lowest BCUT2D eigenvalue weighted by atomic mass is 10.2. The van der Waals surface area contributed by atoms with Gasteiger partial charge in [-0.15, -0.1) is 16.9 Å². The quantitative estimate of drug-likeness (QED) is 0.601. The van der Waals surface area contributed by atoms with Crippen LogP contribution in [0.25, 0.3) is 5.69 Å². The number of thioether (sulfide) groups is 1. The maximum atomic E-state index is 11.7. The van der Waals surface area contributed by atoms with Gasteiger partial charge in [-0.1, -0.05) is 18.5 Å². The third-order valence-corrected chi connectivity index (χ3v) is 7.37. The second-order valence-electron chi connectivity index (χ2n) is 7.02. The highest BCUT2D eigenvalue weighted by molar-refractivity contribution is 8.00. The summed E-state index contributed by atoms with van der Waals surface area (Å²) >= 11 is 8.11. The molecule has 1 aliphatic heterocycles. The zero-order valence-corrected chi connectivity index (χ0v) is 18.4. The van der Waals surface area contributed by atoms with E-state index in [1.807, 2.05) is 23.9 Å². The van der Waals surface area contributed by atoms with Gasteiger partial charge in [0.25, 0.3) is 0 Å². The third-order valence-electron chi connectivity index (χ3n) is 4.77. The molecule has 0 fully saturated rings. The second kappa shape index (κ2) is 7.97. The van der Waals surface area contributed by atoms with Gasteiger partial charge in [0.05, 0.1) is 22.8 Å². The van der Waals surface area contributed by atoms with Crippen molar-refractivity contribution in [3.63, 3.8) is 0 Å². The number of benzene rings is 2. The van der Waals surface area contributed by atoms with E-state index in [1.54, 1.807) is 28.9 Å². The van der Waals surface area contributed by atoms with Crippen LogP contribution < -0.4 is 4.90 Å². The summed E-state index contributed by atoms with van der Waals surface area (Å²) in [6, 6.07) is 12.5. The van der Waals surface area contributed by atoms with Crippen molar-refractivity contribution >= 4 is 38.9 Å². The highest BCUT2D eigenvalue weighted by Crippen LogP contribution is 2.39. The lowest BCUT2D eigenvalue weighted by Crippen LogP contribution is -2.26. The molecule has 10 heteroatoms. The number of aromatic nitrogens is 4. The van der Waals surface area contributed by atoms with Crippen LogP contribution in [0.5, 0.6) is 0 Å². The summed E-state index contributed by atoms with van der Waals surface area (Å²) in [6.45, 7) is 3.60. The number of hydrogen-bond donors (Lipinski definition) is 0. The molecular weight excluding hydrogens is 430 g/mol. The normalized spacial score (nSPS) is 17.1. The molecule has 1 atom stereocenters. The minimum atomic E-state index is -3.25. The molecule has 3 aromatic rings. The maximum Gasteiger partial charge on any atom is 0.175 e. The SMILES string of the molecule is C[C@@H]1CCN(Cc2nnnn2-c2ccc(S(C)(=O)=O)cc2)c2cc(Cl)ccc2S1. The predicted molar refractivity (Wildman–Crippen MR) is 115 cm³/mol. The molecule has 0 aliphatic carbocycles. The van der Waals surface area contributed by atoms with E-state index < -0.39 is 9.84 Å². The summed E-state index contributed by atoms with van der Waals surface area (Å²) in [5.74, 6) is 0.669. The van der Waals surface area contributed by atoms with Gasteiger partial charge in [0.15, 0.2) is 15.7 Å². The van der Waals surface area contributed by atoms with Crippen molar-refractivity contribution in [3.05, 3.63) is 53.3 Å². The highest BCUT2D eigenvalue weighted by atomic mass is 35.5. The molecule has 0 saturated heterocycles. The van der Waals surface area contributed by atoms with Gasteiger partial charge < -0.3 is 4.90 Å². The highest BCUT2D eigenvalue weighted by Gasteiger charge is 2.22. The molecule has 0 spiro atoms. The number of rotatable bonds is 4. The lowest BCUT2D eigenvalue weighted by Gasteiger charge is -2.24. The Labute approximate surface area is 179 Å². The van der Waals surface area contributed by atoms with Gasteiger partial charge >= 0.3 is 0 Å². The molecule has 29 heavy (non-hydrogen) atoms. The molecule has 0 radical (unpaired) electrons. The molecule has 1 aliphatic rings. The van der Waals surface area contributed by atoms with E-state index in [4.69, 9.17) is 11.6 Å². The van der Waals surface area contributed by atoms with Gasteiger partial charge in [0.2, 0.25) is 0 Å². The van der Waals surface area contributed by atoms with Gasteiger partial charge in [-0.05, 0) is 59.3 Å². The van der Waals surface area contributed by atoms with Gasteiger partial charge in [-0.2, -0.15) is 4.68 Å². The average Bonchev–Trinajstić information content (AvgIpc) is 3.08. The Morgan fingerprint density at radius 1 is 1.21 bits per heavy atom. The summed E-state index contributed by atoms with van der Waals surface area (Å²) in [5.41, 5.74) is 1.79. The van der Waals surface area contributed by atoms with Crippen molar-refractivity contribution in [3.8, 4) is 5.69 Å². The van der Waals surface area contributed by atoms with Crippen molar-refractivity contribution in [1.82, 2.24) is 20.2 Å². The molecule has 2 heterocycles. The molecule has 0 amide bonds. The summed E-state index contributed by atoms with van der Waals surface area (Å²) < 4.78 is 25.0. The van der Waals surface area contributed by atoms with Crippen molar-refractivity contribution in [2.24, 2.45) is 0 Å². The largest absolute Gasteiger partial charge is 0.363 e. The minimum absolute atomic E-state index is 0.262. The second-order valence-corrected chi connectivity index (χ2v) is 11.0. The first-order chi connectivity index (χ1) is 13.8. The molecule has 4 rings (SSSR count). The molecule has 7 nitrogen and oxygen atoms in total. The lowest BCUT2D eigenvalue weighted by molar-refractivity contribution is 0.602. The third kappa shape index (κ3) is 4.41. The zero-order valence-electron chi connectivity index (χ0n) is 16.0. The van der Waals surface area contributed by atoms with Crippen LogP contribution >= 0.6 is 23.4 Å². The van der Waals surface area contributed by atoms with Crippen LogP contribution in [0.3, 0.4) is 0 Å². The van der Waals surface area contributed by atoms with E-state index in [1.165, 1.54) is 11.2 Å². The molecule has 1 aromatic heterocycles. The molecule has 0 N–H and O–H groups in total. The van der Waals surface area contributed by atoms with Crippen LogP contribution in [0, 0.1) is 0 Å². The van der Waals surface area contributed by atoms with Crippen LogP contribution in [0.15, 0.2) is 52.3 Å². The average molecular weight is 450 g/mol. The Morgan fingerprint density at radius 3 is 2.69 bits per heavy atom. The Balaban J connectivity index is 1.65. The molecule has 0 saturated carbocycles. The zero-order chi connectivity index (χ0) is 20.6. The summed E-state index contributed by atoms with van der Waals surface area (Å²) in [6.07, 6.45) is 2.22. The van der Waals surface area contributed by atoms with Crippen LogP contribution in [-0.2, 0) is 16.4 Å². The maximum absolute atomic E-state index is 11.7. The minimum Gasteiger partial charge on any atom is -0.363 e. The topological polar surface area (TPSA) is 81.0 Å². The van der Waals surface area contributed by atoms with Crippen molar-refractivity contribution < 1.29 is 8.42 Å². The molecule has 0 bridgehead atoms. The monoisotopic (exact) mass is 449 g/mol. The Morgan fingerprint density at radius 2 is 1.97 bits per heavy atom. The van der Waals surface area contributed by atoms with E-state index in [0.29, 0.717) is 28.3 Å². The van der Waals surface area contributed by atoms with E-state index in [-0.39, 0.29) is 4.90 Å². The first kappa shape index (κ1) is 20.2. The van der Waals surface area contributed by atoms with E-state index in [0.717, 1.165) is 18.7 Å². The Bertz CT molecular complexity index is 1130. The fraction of sp³-hybridized carbons (Fsp3) is 0.316. The predicted octanol–water partition coefficient (Wildman–Crippen LogP) is 3.61. The summed E-state index contributed by atoms with van der Waals surface area (Å²) in [4.78, 5) is 3.69. The number of halogens is 1. The van der Waals surface area contributed by atoms with Crippen LogP contribution in [-0.4, -0.2) is 46.7 Å². The number of anilines is 1. The van der Waals surface area contributed by atoms with Crippen LogP contribution in [0.4, 0.5) is 5.69 Å². The fourth-order valence-electron chi connectivity index (χ4n) is 3.25. The number of fused-ring (bicyclic) bond motifs is 1. The fourth-order valence-corrected chi connectivity index (χ4v) is 5.15. The summed E-state index contributed by atoms with van der Waals surface area (Å²) in [7, 11) is -3.25. The number of tetrazole rings is 1. The smallest absolute Gasteiger partial charge is 0.175 e. The van der Waals surface area contributed by atoms with Gasteiger partial charge in [-0.3, -0.25) is 0 Å². The van der Waals surface area contributed by atoms with Crippen LogP contribution in [0.1, 0.15) is 19.2 Å². The molecule has 152 valence electrons. The van der Waals surface area contributed by atoms with Gasteiger partial charge in [0, 0.05) is 28.0 Å². The number of hydrogen-bond acceptors (Lipinski definition) is 7. The van der Waals surface area contributed by atoms with Crippen molar-refractivity contribution in [2.75, 3.05) is 17.7 Å². The Hall–Kier alpha value is -2.10. The number of sulfone groups is 1. The van der Waals surface area contributed by atoms with E-state index >= 15 is 0 Å².